The van der Waals surface area contributed by atoms with E-state index in [1.807, 2.05) is 49.4 Å². The summed E-state index contributed by atoms with van der Waals surface area (Å²) in [4.78, 5) is 12.4. The lowest BCUT2D eigenvalue weighted by atomic mass is 10.0. The van der Waals surface area contributed by atoms with E-state index < -0.39 is 0 Å². The third kappa shape index (κ3) is 4.51. The molecule has 4 rings (SSSR count). The molecule has 0 aliphatic heterocycles. The van der Waals surface area contributed by atoms with Crippen molar-refractivity contribution in [2.45, 2.75) is 19.4 Å². The zero-order valence-corrected chi connectivity index (χ0v) is 16.6. The van der Waals surface area contributed by atoms with E-state index in [4.69, 9.17) is 9.15 Å². The average molecular weight is 403 g/mol. The Morgan fingerprint density at radius 1 is 1.00 bits per heavy atom. The molecule has 1 unspecified atom stereocenters. The maximum atomic E-state index is 13.0. The lowest BCUT2D eigenvalue weighted by molar-refractivity contribution is 0.0920. The number of benzene rings is 3. The van der Waals surface area contributed by atoms with Crippen molar-refractivity contribution in [1.29, 1.82) is 0 Å². The van der Waals surface area contributed by atoms with Crippen molar-refractivity contribution in [2.24, 2.45) is 0 Å². The highest BCUT2D eigenvalue weighted by Crippen LogP contribution is 2.26. The number of hydrogen-bond donors (Lipinski definition) is 1. The average Bonchev–Trinajstić information content (AvgIpc) is 3.25. The highest BCUT2D eigenvalue weighted by Gasteiger charge is 2.14. The Hall–Kier alpha value is -3.60. The van der Waals surface area contributed by atoms with Crippen LogP contribution in [-0.4, -0.2) is 12.5 Å². The van der Waals surface area contributed by atoms with Gasteiger partial charge < -0.3 is 14.5 Å². The molecule has 0 aliphatic carbocycles. The van der Waals surface area contributed by atoms with Crippen molar-refractivity contribution >= 4 is 16.7 Å². The fraction of sp³-hybridized carbons (Fsp3) is 0.160. The number of fused-ring (bicyclic) bond motifs is 1. The number of hydrogen-bond acceptors (Lipinski definition) is 3. The molecule has 4 aromatic rings. The Morgan fingerprint density at radius 3 is 2.60 bits per heavy atom. The lowest BCUT2D eigenvalue weighted by Crippen LogP contribution is -2.27. The van der Waals surface area contributed by atoms with Gasteiger partial charge in [-0.3, -0.25) is 4.79 Å². The second-order valence-electron chi connectivity index (χ2n) is 7.19. The topological polar surface area (TPSA) is 51.5 Å². The molecular formula is C25H22FNO3. The van der Waals surface area contributed by atoms with Crippen LogP contribution in [0.2, 0.25) is 0 Å². The van der Waals surface area contributed by atoms with Crippen LogP contribution in [0.4, 0.5) is 4.39 Å². The van der Waals surface area contributed by atoms with E-state index in [0.717, 1.165) is 22.1 Å². The molecule has 30 heavy (non-hydrogen) atoms. The first-order valence-electron chi connectivity index (χ1n) is 9.83. The number of furan rings is 1. The zero-order valence-electron chi connectivity index (χ0n) is 16.6. The van der Waals surface area contributed by atoms with E-state index in [1.165, 1.54) is 12.1 Å². The fourth-order valence-electron chi connectivity index (χ4n) is 3.29. The molecule has 0 fully saturated rings. The Labute approximate surface area is 174 Å². The minimum atomic E-state index is -0.291. The van der Waals surface area contributed by atoms with Crippen molar-refractivity contribution in [2.75, 3.05) is 6.54 Å². The molecule has 1 heterocycles. The molecule has 1 atom stereocenters. The molecule has 0 saturated carbocycles. The Bertz CT molecular complexity index is 1150. The van der Waals surface area contributed by atoms with Gasteiger partial charge in [0.25, 0.3) is 5.91 Å². The standard InChI is InChI=1S/C25H22FNO3/c1-17(18-9-11-20(26)12-10-18)15-27-25(28)24-14-13-21(30-24)16-29-23-8-4-6-19-5-2-3-7-22(19)23/h2-14,17H,15-16H2,1H3,(H,27,28). The van der Waals surface area contributed by atoms with Gasteiger partial charge in [-0.2, -0.15) is 0 Å². The van der Waals surface area contributed by atoms with Crippen LogP contribution in [0.3, 0.4) is 0 Å². The number of carbonyl (C=O) groups is 1. The van der Waals surface area contributed by atoms with Crippen LogP contribution in [0.15, 0.2) is 83.3 Å². The van der Waals surface area contributed by atoms with E-state index >= 15 is 0 Å². The summed E-state index contributed by atoms with van der Waals surface area (Å²) in [5, 5.41) is 4.98. The smallest absolute Gasteiger partial charge is 0.287 e. The number of nitrogens with one attached hydrogen (secondary N) is 1. The molecule has 1 aromatic heterocycles. The first-order valence-corrected chi connectivity index (χ1v) is 9.83. The van der Waals surface area contributed by atoms with E-state index in [-0.39, 0.29) is 30.0 Å². The SMILES string of the molecule is CC(CNC(=O)c1ccc(COc2cccc3ccccc23)o1)c1ccc(F)cc1. The van der Waals surface area contributed by atoms with Gasteiger partial charge in [0.1, 0.15) is 23.9 Å². The summed E-state index contributed by atoms with van der Waals surface area (Å²) in [5.41, 5.74) is 0.959. The van der Waals surface area contributed by atoms with E-state index in [9.17, 15) is 9.18 Å². The molecule has 5 heteroatoms. The maximum Gasteiger partial charge on any atom is 0.287 e. The van der Waals surface area contributed by atoms with Crippen LogP contribution in [0, 0.1) is 5.82 Å². The summed E-state index contributed by atoms with van der Waals surface area (Å²) in [7, 11) is 0. The van der Waals surface area contributed by atoms with Crippen LogP contribution in [0.25, 0.3) is 10.8 Å². The van der Waals surface area contributed by atoms with Crippen LogP contribution >= 0.6 is 0 Å². The van der Waals surface area contributed by atoms with Gasteiger partial charge in [-0.1, -0.05) is 55.5 Å². The van der Waals surface area contributed by atoms with Crippen molar-refractivity contribution < 1.29 is 18.3 Å². The third-order valence-corrected chi connectivity index (χ3v) is 5.01. The highest BCUT2D eigenvalue weighted by molar-refractivity contribution is 5.91. The molecule has 152 valence electrons. The predicted molar refractivity (Wildman–Crippen MR) is 114 cm³/mol. The predicted octanol–water partition coefficient (Wildman–Crippen LogP) is 5.68. The van der Waals surface area contributed by atoms with E-state index in [2.05, 4.69) is 5.32 Å². The number of ether oxygens (including phenoxy) is 1. The number of carbonyl (C=O) groups excluding carboxylic acids is 1. The van der Waals surface area contributed by atoms with Crippen molar-refractivity contribution in [3.05, 3.63) is 102 Å². The monoisotopic (exact) mass is 403 g/mol. The second kappa shape index (κ2) is 8.82. The van der Waals surface area contributed by atoms with Gasteiger partial charge in [0, 0.05) is 11.9 Å². The first-order chi connectivity index (χ1) is 14.6. The Morgan fingerprint density at radius 2 is 1.77 bits per heavy atom. The third-order valence-electron chi connectivity index (χ3n) is 5.01. The molecule has 0 spiro atoms. The van der Waals surface area contributed by atoms with Gasteiger partial charge in [-0.05, 0) is 47.2 Å². The molecule has 0 bridgehead atoms. The summed E-state index contributed by atoms with van der Waals surface area (Å²) >= 11 is 0. The van der Waals surface area contributed by atoms with Crippen LogP contribution < -0.4 is 10.1 Å². The van der Waals surface area contributed by atoms with E-state index in [0.29, 0.717) is 12.3 Å². The Kier molecular flexibility index (Phi) is 5.80. The first kappa shape index (κ1) is 19.7. The van der Waals surface area contributed by atoms with Crippen molar-refractivity contribution in [1.82, 2.24) is 5.32 Å². The van der Waals surface area contributed by atoms with Gasteiger partial charge in [0.2, 0.25) is 0 Å². The van der Waals surface area contributed by atoms with Gasteiger partial charge in [-0.25, -0.2) is 4.39 Å². The molecule has 3 aromatic carbocycles. The van der Waals surface area contributed by atoms with Crippen LogP contribution in [0.1, 0.15) is 34.7 Å². The minimum absolute atomic E-state index is 0.0543. The molecular weight excluding hydrogens is 381 g/mol. The van der Waals surface area contributed by atoms with Crippen molar-refractivity contribution in [3.63, 3.8) is 0 Å². The summed E-state index contributed by atoms with van der Waals surface area (Å²) < 4.78 is 24.6. The second-order valence-corrected chi connectivity index (χ2v) is 7.19. The van der Waals surface area contributed by atoms with E-state index in [1.54, 1.807) is 24.3 Å². The number of halogens is 1. The molecule has 0 saturated heterocycles. The maximum absolute atomic E-state index is 13.0. The normalized spacial score (nSPS) is 11.9. The summed E-state index contributed by atoms with van der Waals surface area (Å²) in [5.74, 6) is 1.06. The zero-order chi connectivity index (χ0) is 20.9. The largest absolute Gasteiger partial charge is 0.485 e. The van der Waals surface area contributed by atoms with Gasteiger partial charge in [0.15, 0.2) is 5.76 Å². The Balaban J connectivity index is 1.34. The minimum Gasteiger partial charge on any atom is -0.485 e. The fourth-order valence-corrected chi connectivity index (χ4v) is 3.29. The van der Waals surface area contributed by atoms with Crippen LogP contribution in [-0.2, 0) is 6.61 Å². The summed E-state index contributed by atoms with van der Waals surface area (Å²) in [6.07, 6.45) is 0. The number of amides is 1. The van der Waals surface area contributed by atoms with Gasteiger partial charge >= 0.3 is 0 Å². The summed E-state index contributed by atoms with van der Waals surface area (Å²) in [6.45, 7) is 2.62. The molecule has 0 aliphatic rings. The molecule has 0 radical (unpaired) electrons. The van der Waals surface area contributed by atoms with Gasteiger partial charge in [0.05, 0.1) is 0 Å². The summed E-state index contributed by atoms with van der Waals surface area (Å²) in [6, 6.07) is 23.6. The van der Waals surface area contributed by atoms with Crippen molar-refractivity contribution in [3.8, 4) is 5.75 Å². The van der Waals surface area contributed by atoms with Crippen LogP contribution in [0.5, 0.6) is 5.75 Å². The quantitative estimate of drug-likeness (QED) is 0.432. The lowest BCUT2D eigenvalue weighted by Gasteiger charge is -2.12. The van der Waals surface area contributed by atoms with Gasteiger partial charge in [-0.15, -0.1) is 0 Å². The number of rotatable bonds is 7. The molecule has 4 nitrogen and oxygen atoms in total. The highest BCUT2D eigenvalue weighted by atomic mass is 19.1. The molecule has 1 N–H and O–H groups in total. The molecule has 1 amide bonds.